The summed E-state index contributed by atoms with van der Waals surface area (Å²) in [5.74, 6) is -0.404. The van der Waals surface area contributed by atoms with Gasteiger partial charge >= 0.3 is 0 Å². The molecule has 0 fully saturated rings. The van der Waals surface area contributed by atoms with Crippen LogP contribution in [0.25, 0.3) is 10.6 Å². The molecule has 0 atom stereocenters. The average molecular weight is 379 g/mol. The van der Waals surface area contributed by atoms with Gasteiger partial charge in [-0.15, -0.1) is 11.3 Å². The van der Waals surface area contributed by atoms with Crippen LogP contribution < -0.4 is 5.43 Å². The summed E-state index contributed by atoms with van der Waals surface area (Å²) in [6.07, 6.45) is 0. The molecule has 1 amide bonds. The van der Waals surface area contributed by atoms with Gasteiger partial charge in [-0.25, -0.2) is 5.43 Å². The van der Waals surface area contributed by atoms with Crippen molar-refractivity contribution in [3.63, 3.8) is 0 Å². The Labute approximate surface area is 152 Å². The number of nitrogens with one attached hydrogen (secondary N) is 2. The lowest BCUT2D eigenvalue weighted by atomic mass is 10.1. The van der Waals surface area contributed by atoms with Crippen LogP contribution in [-0.4, -0.2) is 21.8 Å². The Morgan fingerprint density at radius 1 is 1.29 bits per heavy atom. The minimum atomic E-state index is -0.404. The van der Waals surface area contributed by atoms with Gasteiger partial charge < -0.3 is 0 Å². The Morgan fingerprint density at radius 2 is 2.12 bits per heavy atom. The second-order valence-corrected chi connectivity index (χ2v) is 6.70. The minimum absolute atomic E-state index is 0.261. The highest BCUT2D eigenvalue weighted by atomic mass is 35.5. The number of carbonyl (C=O) groups is 1. The zero-order chi connectivity index (χ0) is 17.1. The number of amides is 1. The van der Waals surface area contributed by atoms with Gasteiger partial charge in [-0.3, -0.25) is 9.89 Å². The van der Waals surface area contributed by atoms with Gasteiger partial charge in [0.25, 0.3) is 5.91 Å². The maximum absolute atomic E-state index is 12.2. The molecule has 0 aliphatic carbocycles. The van der Waals surface area contributed by atoms with E-state index in [1.54, 1.807) is 42.5 Å². The molecular formula is C16H12Cl2N4OS. The SMILES string of the molecule is CC(=NNC(=O)c1cc(-c2cccs2)[nH]n1)c1ccc(Cl)cc1Cl. The molecule has 0 bridgehead atoms. The molecule has 0 spiro atoms. The third kappa shape index (κ3) is 3.67. The summed E-state index contributed by atoms with van der Waals surface area (Å²) in [6, 6.07) is 10.7. The van der Waals surface area contributed by atoms with E-state index >= 15 is 0 Å². The number of halogens is 2. The molecule has 24 heavy (non-hydrogen) atoms. The number of carbonyl (C=O) groups excluding carboxylic acids is 1. The molecule has 3 rings (SSSR count). The van der Waals surface area contributed by atoms with Crippen molar-refractivity contribution >= 4 is 46.2 Å². The van der Waals surface area contributed by atoms with Crippen LogP contribution in [0, 0.1) is 0 Å². The number of benzene rings is 1. The summed E-state index contributed by atoms with van der Waals surface area (Å²) in [5.41, 5.74) is 4.79. The topological polar surface area (TPSA) is 70.1 Å². The Morgan fingerprint density at radius 3 is 2.83 bits per heavy atom. The number of hydrazone groups is 1. The van der Waals surface area contributed by atoms with Crippen molar-refractivity contribution < 1.29 is 4.79 Å². The van der Waals surface area contributed by atoms with E-state index in [-0.39, 0.29) is 5.69 Å². The third-order valence-electron chi connectivity index (χ3n) is 3.24. The van der Waals surface area contributed by atoms with Gasteiger partial charge in [0.15, 0.2) is 5.69 Å². The number of aromatic nitrogens is 2. The van der Waals surface area contributed by atoms with E-state index in [0.717, 1.165) is 10.6 Å². The quantitative estimate of drug-likeness (QED) is 0.514. The van der Waals surface area contributed by atoms with Gasteiger partial charge in [0, 0.05) is 10.6 Å². The molecule has 0 aliphatic heterocycles. The Balaban J connectivity index is 1.73. The molecule has 0 radical (unpaired) electrons. The number of H-pyrrole nitrogens is 1. The molecule has 8 heteroatoms. The molecule has 1 aromatic carbocycles. The smallest absolute Gasteiger partial charge is 0.276 e. The van der Waals surface area contributed by atoms with Crippen molar-refractivity contribution in [3.05, 3.63) is 63.1 Å². The van der Waals surface area contributed by atoms with Crippen molar-refractivity contribution in [3.8, 4) is 10.6 Å². The van der Waals surface area contributed by atoms with Gasteiger partial charge in [0.2, 0.25) is 0 Å². The summed E-state index contributed by atoms with van der Waals surface area (Å²) in [7, 11) is 0. The first-order valence-corrected chi connectivity index (χ1v) is 8.57. The molecule has 0 saturated heterocycles. The van der Waals surface area contributed by atoms with Crippen LogP contribution in [0.1, 0.15) is 23.0 Å². The summed E-state index contributed by atoms with van der Waals surface area (Å²) in [4.78, 5) is 13.2. The fourth-order valence-corrected chi connectivity index (χ4v) is 3.27. The molecule has 2 heterocycles. The number of hydrogen-bond donors (Lipinski definition) is 2. The van der Waals surface area contributed by atoms with Crippen molar-refractivity contribution in [1.29, 1.82) is 0 Å². The first-order chi connectivity index (χ1) is 11.5. The highest BCUT2D eigenvalue weighted by Gasteiger charge is 2.12. The van der Waals surface area contributed by atoms with Crippen LogP contribution in [-0.2, 0) is 0 Å². The molecular weight excluding hydrogens is 367 g/mol. The van der Waals surface area contributed by atoms with E-state index in [1.807, 2.05) is 17.5 Å². The molecule has 2 N–H and O–H groups in total. The molecule has 2 aromatic heterocycles. The lowest BCUT2D eigenvalue weighted by Gasteiger charge is -2.04. The largest absolute Gasteiger partial charge is 0.291 e. The maximum atomic E-state index is 12.2. The van der Waals surface area contributed by atoms with Crippen LogP contribution >= 0.6 is 34.5 Å². The van der Waals surface area contributed by atoms with Crippen LogP contribution in [0.5, 0.6) is 0 Å². The van der Waals surface area contributed by atoms with E-state index in [9.17, 15) is 4.79 Å². The molecule has 0 saturated carbocycles. The summed E-state index contributed by atoms with van der Waals surface area (Å²) in [5, 5.41) is 13.9. The molecule has 0 unspecified atom stereocenters. The van der Waals surface area contributed by atoms with E-state index < -0.39 is 5.91 Å². The first kappa shape index (κ1) is 16.7. The highest BCUT2D eigenvalue weighted by molar-refractivity contribution is 7.13. The summed E-state index contributed by atoms with van der Waals surface area (Å²) < 4.78 is 0. The number of hydrogen-bond acceptors (Lipinski definition) is 4. The van der Waals surface area contributed by atoms with Crippen molar-refractivity contribution in [2.45, 2.75) is 6.92 Å². The Bertz CT molecular complexity index is 903. The number of rotatable bonds is 4. The third-order valence-corrected chi connectivity index (χ3v) is 4.69. The highest BCUT2D eigenvalue weighted by Crippen LogP contribution is 2.23. The molecule has 5 nitrogen and oxygen atoms in total. The zero-order valence-electron chi connectivity index (χ0n) is 12.5. The number of aromatic amines is 1. The van der Waals surface area contributed by atoms with E-state index in [0.29, 0.717) is 21.3 Å². The summed E-state index contributed by atoms with van der Waals surface area (Å²) in [6.45, 7) is 1.75. The fourth-order valence-electron chi connectivity index (χ4n) is 2.03. The lowest BCUT2D eigenvalue weighted by Crippen LogP contribution is -2.19. The van der Waals surface area contributed by atoms with Crippen molar-refractivity contribution in [2.75, 3.05) is 0 Å². The predicted molar refractivity (Wildman–Crippen MR) is 98.0 cm³/mol. The Hall–Kier alpha value is -2.15. The van der Waals surface area contributed by atoms with Crippen molar-refractivity contribution in [1.82, 2.24) is 15.6 Å². The number of thiophene rings is 1. The maximum Gasteiger partial charge on any atom is 0.291 e. The monoisotopic (exact) mass is 378 g/mol. The van der Waals surface area contributed by atoms with E-state index in [2.05, 4.69) is 20.7 Å². The van der Waals surface area contributed by atoms with Crippen LogP contribution in [0.15, 0.2) is 46.9 Å². The van der Waals surface area contributed by atoms with Crippen LogP contribution in [0.3, 0.4) is 0 Å². The first-order valence-electron chi connectivity index (χ1n) is 6.94. The second-order valence-electron chi connectivity index (χ2n) is 4.91. The molecule has 0 aliphatic rings. The van der Waals surface area contributed by atoms with Gasteiger partial charge in [0.05, 0.1) is 21.3 Å². The van der Waals surface area contributed by atoms with Gasteiger partial charge in [-0.05, 0) is 36.6 Å². The van der Waals surface area contributed by atoms with Gasteiger partial charge in [-0.1, -0.05) is 35.3 Å². The second kappa shape index (κ2) is 7.17. The van der Waals surface area contributed by atoms with Crippen molar-refractivity contribution in [2.24, 2.45) is 5.10 Å². The van der Waals surface area contributed by atoms with Gasteiger partial charge in [-0.2, -0.15) is 10.2 Å². The van der Waals surface area contributed by atoms with E-state index in [1.165, 1.54) is 0 Å². The molecule has 3 aromatic rings. The van der Waals surface area contributed by atoms with Crippen LogP contribution in [0.2, 0.25) is 10.0 Å². The normalized spacial score (nSPS) is 11.5. The van der Waals surface area contributed by atoms with Crippen LogP contribution in [0.4, 0.5) is 0 Å². The number of nitrogens with zero attached hydrogens (tertiary/aromatic N) is 2. The lowest BCUT2D eigenvalue weighted by molar-refractivity contribution is 0.0950. The van der Waals surface area contributed by atoms with Gasteiger partial charge in [0.1, 0.15) is 0 Å². The zero-order valence-corrected chi connectivity index (χ0v) is 14.8. The predicted octanol–water partition coefficient (Wildman–Crippen LogP) is 4.60. The standard InChI is InChI=1S/C16H12Cl2N4OS/c1-9(11-5-4-10(17)7-12(11)18)19-22-16(23)14-8-13(20-21-14)15-3-2-6-24-15/h2-8H,1H3,(H,20,21)(H,22,23). The average Bonchev–Trinajstić information content (AvgIpc) is 3.23. The summed E-state index contributed by atoms with van der Waals surface area (Å²) >= 11 is 13.6. The fraction of sp³-hybridized carbons (Fsp3) is 0.0625. The minimum Gasteiger partial charge on any atom is -0.276 e. The Kier molecular flexibility index (Phi) is 4.99. The molecule has 122 valence electrons. The van der Waals surface area contributed by atoms with E-state index in [4.69, 9.17) is 23.2 Å².